The Bertz CT molecular complexity index is 1200. The van der Waals surface area contributed by atoms with Gasteiger partial charge in [-0.1, -0.05) is 35.9 Å². The topological polar surface area (TPSA) is 84.7 Å². The Kier molecular flexibility index (Phi) is 6.09. The first-order valence-electron chi connectivity index (χ1n) is 11.9. The van der Waals surface area contributed by atoms with Crippen LogP contribution in [0, 0.1) is 12.8 Å². The maximum absolute atomic E-state index is 13.2. The van der Waals surface area contributed by atoms with Crippen LogP contribution in [0.1, 0.15) is 64.4 Å². The van der Waals surface area contributed by atoms with Gasteiger partial charge in [0.15, 0.2) is 12.3 Å². The zero-order valence-corrected chi connectivity index (χ0v) is 19.5. The van der Waals surface area contributed by atoms with Gasteiger partial charge in [0.25, 0.3) is 5.91 Å². The molecule has 176 valence electrons. The Balaban J connectivity index is 1.40. The molecule has 0 bridgehead atoms. The molecule has 1 aliphatic heterocycles. The van der Waals surface area contributed by atoms with Gasteiger partial charge in [0.05, 0.1) is 6.04 Å². The van der Waals surface area contributed by atoms with E-state index in [4.69, 9.17) is 9.15 Å². The van der Waals surface area contributed by atoms with Crippen LogP contribution in [0.5, 0.6) is 5.75 Å². The van der Waals surface area contributed by atoms with Gasteiger partial charge in [-0.25, -0.2) is 4.98 Å². The number of carbonyl (C=O) groups is 2. The molecule has 1 aromatic heterocycles. The first-order valence-corrected chi connectivity index (χ1v) is 11.9. The van der Waals surface area contributed by atoms with Crippen molar-refractivity contribution in [1.82, 2.24) is 15.2 Å². The molecule has 1 atom stereocenters. The van der Waals surface area contributed by atoms with Crippen molar-refractivity contribution in [3.05, 3.63) is 82.6 Å². The van der Waals surface area contributed by atoms with E-state index in [0.29, 0.717) is 18.2 Å². The molecule has 2 aromatic carbocycles. The number of ether oxygens (including phenoxy) is 1. The maximum Gasteiger partial charge on any atom is 0.273 e. The highest BCUT2D eigenvalue weighted by molar-refractivity contribution is 5.91. The van der Waals surface area contributed by atoms with Crippen LogP contribution in [-0.4, -0.2) is 34.8 Å². The Morgan fingerprint density at radius 1 is 1.18 bits per heavy atom. The van der Waals surface area contributed by atoms with Crippen LogP contribution in [0.25, 0.3) is 0 Å². The van der Waals surface area contributed by atoms with Crippen molar-refractivity contribution < 1.29 is 18.7 Å². The fourth-order valence-electron chi connectivity index (χ4n) is 4.47. The number of nitrogens with one attached hydrogen (secondary N) is 1. The molecular weight excluding hydrogens is 430 g/mol. The Morgan fingerprint density at radius 2 is 1.97 bits per heavy atom. The normalized spacial score (nSPS) is 17.2. The van der Waals surface area contributed by atoms with Crippen LogP contribution in [-0.2, 0) is 17.8 Å². The number of benzene rings is 2. The number of aromatic nitrogens is 1. The first kappa shape index (κ1) is 22.2. The molecule has 2 heterocycles. The number of hydrogen-bond donors (Lipinski definition) is 1. The molecule has 0 saturated heterocycles. The standard InChI is InChI=1S/C27H29N3O4/c1-3-28-26(31)23-15-34-24(29-23)16-33-21-11-10-18-12-13-30(27(32)20-8-9-20)25(22(18)14-21)19-6-4-17(2)5-7-19/h4-7,10-11,14-15,20,25H,3,8-9,12-13,16H2,1-2H3,(H,28,31). The van der Waals surface area contributed by atoms with Gasteiger partial charge < -0.3 is 19.4 Å². The molecule has 5 rings (SSSR count). The van der Waals surface area contributed by atoms with Crippen molar-refractivity contribution in [2.24, 2.45) is 5.92 Å². The van der Waals surface area contributed by atoms with E-state index in [9.17, 15) is 9.59 Å². The summed E-state index contributed by atoms with van der Waals surface area (Å²) in [7, 11) is 0. The molecule has 2 amide bonds. The van der Waals surface area contributed by atoms with E-state index >= 15 is 0 Å². The molecular formula is C27H29N3O4. The fourth-order valence-corrected chi connectivity index (χ4v) is 4.47. The number of fused-ring (bicyclic) bond motifs is 1. The summed E-state index contributed by atoms with van der Waals surface area (Å²) in [4.78, 5) is 31.3. The summed E-state index contributed by atoms with van der Waals surface area (Å²) in [5.41, 5.74) is 4.86. The lowest BCUT2D eigenvalue weighted by Crippen LogP contribution is -2.41. The number of nitrogens with zero attached hydrogens (tertiary/aromatic N) is 2. The van der Waals surface area contributed by atoms with E-state index in [1.165, 1.54) is 17.4 Å². The third kappa shape index (κ3) is 4.55. The van der Waals surface area contributed by atoms with Gasteiger partial charge in [-0.05, 0) is 61.9 Å². The minimum Gasteiger partial charge on any atom is -0.484 e. The molecule has 34 heavy (non-hydrogen) atoms. The molecule has 0 radical (unpaired) electrons. The Hall–Kier alpha value is -3.61. The summed E-state index contributed by atoms with van der Waals surface area (Å²) in [6.45, 7) is 5.27. The second-order valence-electron chi connectivity index (χ2n) is 9.00. The third-order valence-corrected chi connectivity index (χ3v) is 6.43. The van der Waals surface area contributed by atoms with E-state index in [1.54, 1.807) is 0 Å². The molecule has 1 aliphatic carbocycles. The smallest absolute Gasteiger partial charge is 0.273 e. The zero-order valence-electron chi connectivity index (χ0n) is 19.5. The third-order valence-electron chi connectivity index (χ3n) is 6.43. The van der Waals surface area contributed by atoms with Crippen molar-refractivity contribution in [3.63, 3.8) is 0 Å². The second-order valence-corrected chi connectivity index (χ2v) is 9.00. The predicted molar refractivity (Wildman–Crippen MR) is 126 cm³/mol. The number of hydrogen-bond acceptors (Lipinski definition) is 5. The van der Waals surface area contributed by atoms with E-state index in [-0.39, 0.29) is 36.1 Å². The summed E-state index contributed by atoms with van der Waals surface area (Å²) in [6.07, 6.45) is 4.14. The van der Waals surface area contributed by atoms with Crippen molar-refractivity contribution in [2.75, 3.05) is 13.1 Å². The first-order chi connectivity index (χ1) is 16.5. The minimum absolute atomic E-state index is 0.109. The summed E-state index contributed by atoms with van der Waals surface area (Å²) in [6, 6.07) is 14.3. The highest BCUT2D eigenvalue weighted by Gasteiger charge is 2.39. The fraction of sp³-hybridized carbons (Fsp3) is 0.370. The van der Waals surface area contributed by atoms with Crippen molar-refractivity contribution >= 4 is 11.8 Å². The zero-order chi connectivity index (χ0) is 23.7. The SMILES string of the molecule is CCNC(=O)c1coc(COc2ccc3c(c2)C(c2ccc(C)cc2)N(C(=O)C2CC2)CC3)n1. The van der Waals surface area contributed by atoms with Crippen LogP contribution in [0.2, 0.25) is 0 Å². The van der Waals surface area contributed by atoms with Gasteiger partial charge in [0, 0.05) is 19.0 Å². The quantitative estimate of drug-likeness (QED) is 0.573. The van der Waals surface area contributed by atoms with Gasteiger partial charge in [0.2, 0.25) is 11.8 Å². The molecule has 1 saturated carbocycles. The molecule has 2 aliphatic rings. The Morgan fingerprint density at radius 3 is 2.71 bits per heavy atom. The average molecular weight is 460 g/mol. The van der Waals surface area contributed by atoms with Gasteiger partial charge in [-0.3, -0.25) is 9.59 Å². The van der Waals surface area contributed by atoms with Crippen LogP contribution < -0.4 is 10.1 Å². The lowest BCUT2D eigenvalue weighted by molar-refractivity contribution is -0.134. The predicted octanol–water partition coefficient (Wildman–Crippen LogP) is 4.20. The van der Waals surface area contributed by atoms with Crippen molar-refractivity contribution in [2.45, 2.75) is 45.8 Å². The van der Waals surface area contributed by atoms with E-state index in [0.717, 1.165) is 36.9 Å². The molecule has 1 fully saturated rings. The van der Waals surface area contributed by atoms with Gasteiger partial charge in [0.1, 0.15) is 12.0 Å². The summed E-state index contributed by atoms with van der Waals surface area (Å²) in [5.74, 6) is 1.15. The highest BCUT2D eigenvalue weighted by Crippen LogP contribution is 2.41. The van der Waals surface area contributed by atoms with Gasteiger partial charge in [-0.2, -0.15) is 0 Å². The molecule has 7 nitrogen and oxygen atoms in total. The lowest BCUT2D eigenvalue weighted by atomic mass is 9.87. The van der Waals surface area contributed by atoms with E-state index < -0.39 is 0 Å². The number of carbonyl (C=O) groups excluding carboxylic acids is 2. The van der Waals surface area contributed by atoms with Crippen LogP contribution in [0.3, 0.4) is 0 Å². The monoisotopic (exact) mass is 459 g/mol. The molecule has 3 aromatic rings. The summed E-state index contributed by atoms with van der Waals surface area (Å²) >= 11 is 0. The molecule has 7 heteroatoms. The van der Waals surface area contributed by atoms with Crippen molar-refractivity contribution in [1.29, 1.82) is 0 Å². The molecule has 0 spiro atoms. The maximum atomic E-state index is 13.2. The van der Waals surface area contributed by atoms with Gasteiger partial charge >= 0.3 is 0 Å². The van der Waals surface area contributed by atoms with E-state index in [2.05, 4.69) is 47.6 Å². The minimum atomic E-state index is -0.271. The lowest BCUT2D eigenvalue weighted by Gasteiger charge is -2.38. The number of aryl methyl sites for hydroxylation is 1. The average Bonchev–Trinajstić information content (AvgIpc) is 3.59. The van der Waals surface area contributed by atoms with Crippen LogP contribution in [0.4, 0.5) is 0 Å². The molecule has 1 N–H and O–H groups in total. The highest BCUT2D eigenvalue weighted by atomic mass is 16.5. The molecule has 1 unspecified atom stereocenters. The second kappa shape index (κ2) is 9.33. The van der Waals surface area contributed by atoms with Crippen LogP contribution in [0.15, 0.2) is 53.1 Å². The largest absolute Gasteiger partial charge is 0.484 e. The summed E-state index contributed by atoms with van der Waals surface area (Å²) in [5, 5.41) is 2.70. The van der Waals surface area contributed by atoms with E-state index in [1.807, 2.05) is 24.0 Å². The number of rotatable bonds is 7. The Labute approximate surface area is 199 Å². The summed E-state index contributed by atoms with van der Waals surface area (Å²) < 4.78 is 11.4. The van der Waals surface area contributed by atoms with Crippen LogP contribution >= 0.6 is 0 Å². The number of oxazole rings is 1. The van der Waals surface area contributed by atoms with Crippen molar-refractivity contribution in [3.8, 4) is 5.75 Å². The number of amides is 2. The van der Waals surface area contributed by atoms with Gasteiger partial charge in [-0.15, -0.1) is 0 Å².